The molecule has 0 radical (unpaired) electrons. The van der Waals surface area contributed by atoms with Gasteiger partial charge in [0.1, 0.15) is 5.82 Å². The molecule has 0 aliphatic rings. The molecule has 0 bridgehead atoms. The number of carbonyl (C=O) groups is 2. The van der Waals surface area contributed by atoms with E-state index in [1.165, 1.54) is 24.5 Å². The van der Waals surface area contributed by atoms with Gasteiger partial charge in [-0.15, -0.1) is 0 Å². The van der Waals surface area contributed by atoms with Crippen LogP contribution < -0.4 is 15.4 Å². The van der Waals surface area contributed by atoms with Crippen LogP contribution in [0.4, 0.5) is 10.1 Å². The minimum absolute atomic E-state index is 0.0108. The predicted octanol–water partition coefficient (Wildman–Crippen LogP) is 1.41. The van der Waals surface area contributed by atoms with Gasteiger partial charge >= 0.3 is 0 Å². The molecule has 0 fully saturated rings. The molecule has 146 valence electrons. The first-order valence-electron chi connectivity index (χ1n) is 8.12. The quantitative estimate of drug-likeness (QED) is 0.591. The van der Waals surface area contributed by atoms with Crippen molar-refractivity contribution >= 4 is 27.5 Å². The molecule has 27 heavy (non-hydrogen) atoms. The van der Waals surface area contributed by atoms with Crippen molar-refractivity contribution in [2.75, 3.05) is 23.6 Å². The van der Waals surface area contributed by atoms with Gasteiger partial charge < -0.3 is 15.1 Å². The van der Waals surface area contributed by atoms with Gasteiger partial charge in [0.2, 0.25) is 15.9 Å². The van der Waals surface area contributed by atoms with Gasteiger partial charge in [-0.05, 0) is 36.8 Å². The first kappa shape index (κ1) is 20.4. The number of amides is 2. The van der Waals surface area contributed by atoms with Crippen LogP contribution in [0.25, 0.3) is 0 Å². The third-order valence-electron chi connectivity index (χ3n) is 3.52. The Morgan fingerprint density at radius 1 is 1.15 bits per heavy atom. The Morgan fingerprint density at radius 2 is 1.93 bits per heavy atom. The highest BCUT2D eigenvalue weighted by atomic mass is 32.2. The monoisotopic (exact) mass is 397 g/mol. The third kappa shape index (κ3) is 6.74. The Bertz CT molecular complexity index is 897. The molecule has 10 heteroatoms. The average molecular weight is 397 g/mol. The van der Waals surface area contributed by atoms with Crippen LogP contribution in [0.3, 0.4) is 0 Å². The number of hydrogen-bond acceptors (Lipinski definition) is 5. The van der Waals surface area contributed by atoms with Crippen molar-refractivity contribution in [2.45, 2.75) is 13.3 Å². The number of aryl methyl sites for hydroxylation is 1. The molecule has 1 heterocycles. The summed E-state index contributed by atoms with van der Waals surface area (Å²) in [6, 6.07) is 7.07. The number of anilines is 1. The Kier molecular flexibility index (Phi) is 6.94. The van der Waals surface area contributed by atoms with Crippen LogP contribution in [0.5, 0.6) is 0 Å². The maximum atomic E-state index is 13.4. The minimum Gasteiger partial charge on any atom is -0.459 e. The second kappa shape index (κ2) is 9.17. The molecule has 3 N–H and O–H groups in total. The number of rotatable bonds is 9. The fraction of sp³-hybridized carbons (Fsp3) is 0.294. The largest absolute Gasteiger partial charge is 0.459 e. The zero-order valence-corrected chi connectivity index (χ0v) is 15.4. The Labute approximate surface area is 156 Å². The minimum atomic E-state index is -3.74. The van der Waals surface area contributed by atoms with Crippen LogP contribution in [0.1, 0.15) is 22.5 Å². The normalized spacial score (nSPS) is 11.0. The van der Waals surface area contributed by atoms with Gasteiger partial charge in [0.25, 0.3) is 5.91 Å². The molecule has 1 aromatic heterocycles. The first-order valence-corrected chi connectivity index (χ1v) is 9.77. The second-order valence-corrected chi connectivity index (χ2v) is 7.56. The lowest BCUT2D eigenvalue weighted by Gasteiger charge is -2.10. The maximum Gasteiger partial charge on any atom is 0.286 e. The first-order chi connectivity index (χ1) is 12.8. The van der Waals surface area contributed by atoms with Gasteiger partial charge in [0.05, 0.1) is 17.7 Å². The number of benzene rings is 1. The Morgan fingerprint density at radius 3 is 2.59 bits per heavy atom. The van der Waals surface area contributed by atoms with Crippen LogP contribution in [-0.4, -0.2) is 39.1 Å². The molecule has 2 amide bonds. The molecule has 2 rings (SSSR count). The number of nitrogens with one attached hydrogen (secondary N) is 3. The van der Waals surface area contributed by atoms with Gasteiger partial charge in [-0.25, -0.2) is 12.8 Å². The molecule has 0 spiro atoms. The highest BCUT2D eigenvalue weighted by molar-refractivity contribution is 7.92. The van der Waals surface area contributed by atoms with Crippen LogP contribution in [0, 0.1) is 12.7 Å². The fourth-order valence-corrected chi connectivity index (χ4v) is 3.04. The summed E-state index contributed by atoms with van der Waals surface area (Å²) < 4.78 is 44.5. The van der Waals surface area contributed by atoms with Crippen LogP contribution in [-0.2, 0) is 14.8 Å². The van der Waals surface area contributed by atoms with E-state index < -0.39 is 27.7 Å². The lowest BCUT2D eigenvalue weighted by molar-refractivity contribution is -0.120. The zero-order chi connectivity index (χ0) is 19.9. The lowest BCUT2D eigenvalue weighted by atomic mass is 10.2. The van der Waals surface area contributed by atoms with Crippen molar-refractivity contribution in [3.8, 4) is 0 Å². The maximum absolute atomic E-state index is 13.4. The summed E-state index contributed by atoms with van der Waals surface area (Å²) >= 11 is 0. The molecule has 0 saturated carbocycles. The van der Waals surface area contributed by atoms with Crippen molar-refractivity contribution in [3.05, 3.63) is 53.7 Å². The molecular formula is C17H20FN3O5S. The van der Waals surface area contributed by atoms with Crippen molar-refractivity contribution in [3.63, 3.8) is 0 Å². The van der Waals surface area contributed by atoms with Gasteiger partial charge in [-0.1, -0.05) is 6.07 Å². The SMILES string of the molecule is Cc1ccc(NS(=O)(=O)CCNC(=O)CCNC(=O)c2ccco2)cc1F. The van der Waals surface area contributed by atoms with E-state index in [2.05, 4.69) is 15.4 Å². The summed E-state index contributed by atoms with van der Waals surface area (Å²) in [5.41, 5.74) is 0.523. The standard InChI is InChI=1S/C17H20FN3O5S/c1-12-4-5-13(11-14(12)18)21-27(24,25)10-8-19-16(22)6-7-20-17(23)15-3-2-9-26-15/h2-5,9,11,21H,6-8,10H2,1H3,(H,19,22)(H,20,23). The van der Waals surface area contributed by atoms with Crippen molar-refractivity contribution in [2.24, 2.45) is 0 Å². The van der Waals surface area contributed by atoms with Crippen molar-refractivity contribution < 1.29 is 26.8 Å². The van der Waals surface area contributed by atoms with Gasteiger partial charge in [0.15, 0.2) is 5.76 Å². The molecule has 0 atom stereocenters. The van der Waals surface area contributed by atoms with Gasteiger partial charge in [-0.3, -0.25) is 14.3 Å². The van der Waals surface area contributed by atoms with Crippen molar-refractivity contribution in [1.29, 1.82) is 0 Å². The average Bonchev–Trinajstić information content (AvgIpc) is 3.12. The summed E-state index contributed by atoms with van der Waals surface area (Å²) in [7, 11) is -3.74. The predicted molar refractivity (Wildman–Crippen MR) is 97.2 cm³/mol. The molecule has 2 aromatic rings. The molecule has 8 nitrogen and oxygen atoms in total. The number of furan rings is 1. The second-order valence-electron chi connectivity index (χ2n) is 5.72. The number of halogens is 1. The van der Waals surface area contributed by atoms with E-state index in [1.807, 2.05) is 0 Å². The summed E-state index contributed by atoms with van der Waals surface area (Å²) in [4.78, 5) is 23.3. The van der Waals surface area contributed by atoms with Crippen LogP contribution in [0.2, 0.25) is 0 Å². The van der Waals surface area contributed by atoms with E-state index in [0.717, 1.165) is 6.07 Å². The number of carbonyl (C=O) groups excluding carboxylic acids is 2. The van der Waals surface area contributed by atoms with Crippen LogP contribution in [0.15, 0.2) is 41.0 Å². The van der Waals surface area contributed by atoms with E-state index in [1.54, 1.807) is 13.0 Å². The molecule has 0 saturated heterocycles. The summed E-state index contributed by atoms with van der Waals surface area (Å²) in [6.45, 7) is 1.54. The van der Waals surface area contributed by atoms with Crippen molar-refractivity contribution in [1.82, 2.24) is 10.6 Å². The van der Waals surface area contributed by atoms with E-state index >= 15 is 0 Å². The summed E-state index contributed by atoms with van der Waals surface area (Å²) in [5.74, 6) is -1.59. The Balaban J connectivity index is 1.68. The number of sulfonamides is 1. The van der Waals surface area contributed by atoms with Crippen LogP contribution >= 0.6 is 0 Å². The smallest absolute Gasteiger partial charge is 0.286 e. The van der Waals surface area contributed by atoms with Gasteiger partial charge in [0, 0.05) is 19.5 Å². The number of hydrogen-bond donors (Lipinski definition) is 3. The van der Waals surface area contributed by atoms with E-state index in [-0.39, 0.29) is 36.7 Å². The molecule has 0 aliphatic heterocycles. The van der Waals surface area contributed by atoms with E-state index in [9.17, 15) is 22.4 Å². The zero-order valence-electron chi connectivity index (χ0n) is 14.6. The molecule has 0 unspecified atom stereocenters. The highest BCUT2D eigenvalue weighted by Crippen LogP contribution is 2.14. The fourth-order valence-electron chi connectivity index (χ4n) is 2.08. The summed E-state index contributed by atoms with van der Waals surface area (Å²) in [5, 5.41) is 4.95. The summed E-state index contributed by atoms with van der Waals surface area (Å²) in [6.07, 6.45) is 1.35. The van der Waals surface area contributed by atoms with E-state index in [4.69, 9.17) is 4.42 Å². The lowest BCUT2D eigenvalue weighted by Crippen LogP contribution is -2.34. The van der Waals surface area contributed by atoms with Gasteiger partial charge in [-0.2, -0.15) is 0 Å². The molecular weight excluding hydrogens is 377 g/mol. The van der Waals surface area contributed by atoms with E-state index in [0.29, 0.717) is 5.56 Å². The topological polar surface area (TPSA) is 118 Å². The molecule has 0 aliphatic carbocycles. The molecule has 1 aromatic carbocycles. The third-order valence-corrected chi connectivity index (χ3v) is 4.81. The Hall–Kier alpha value is -2.88. The highest BCUT2D eigenvalue weighted by Gasteiger charge is 2.13.